The molecule has 0 amide bonds. The van der Waals surface area contributed by atoms with Crippen molar-refractivity contribution in [2.75, 3.05) is 52.5 Å². The Morgan fingerprint density at radius 1 is 0.688 bits per heavy atom. The van der Waals surface area contributed by atoms with E-state index in [2.05, 4.69) is 33.0 Å². The predicted octanol–water partition coefficient (Wildman–Crippen LogP) is 9.05. The van der Waals surface area contributed by atoms with Gasteiger partial charge in [-0.25, -0.2) is 0 Å². The summed E-state index contributed by atoms with van der Waals surface area (Å²) in [5.74, 6) is 2.16. The molecule has 0 saturated carbocycles. The fourth-order valence-electron chi connectivity index (χ4n) is 7.38. The number of benzene rings is 2. The van der Waals surface area contributed by atoms with Gasteiger partial charge in [0.25, 0.3) is 0 Å². The van der Waals surface area contributed by atoms with Crippen LogP contribution < -0.4 is 5.32 Å². The third kappa shape index (κ3) is 17.0. The van der Waals surface area contributed by atoms with Crippen LogP contribution in [0.4, 0.5) is 0 Å². The number of quaternary nitrogens is 1. The molecule has 0 heterocycles. The molecule has 2 rings (SSSR count). The van der Waals surface area contributed by atoms with Gasteiger partial charge in [0, 0.05) is 31.5 Å². The molecule has 274 valence electrons. The highest BCUT2D eigenvalue weighted by Gasteiger charge is 2.30. The molecule has 0 aliphatic carbocycles. The fourth-order valence-corrected chi connectivity index (χ4v) is 7.38. The van der Waals surface area contributed by atoms with Crippen LogP contribution in [-0.2, 0) is 17.6 Å². The molecule has 0 aromatic heterocycles. The first-order valence-electron chi connectivity index (χ1n) is 19.7. The number of phenolic OH excluding ortho intramolecular Hbond substituents is 2. The van der Waals surface area contributed by atoms with Gasteiger partial charge < -0.3 is 29.9 Å². The Kier molecular flexibility index (Phi) is 22.6. The summed E-state index contributed by atoms with van der Waals surface area (Å²) in [5, 5.41) is 34.7. The summed E-state index contributed by atoms with van der Waals surface area (Å²) < 4.78 is 7.01. The topological polar surface area (TPSA) is 82.0 Å². The van der Waals surface area contributed by atoms with Crippen LogP contribution in [0.3, 0.4) is 0 Å². The summed E-state index contributed by atoms with van der Waals surface area (Å²) in [6.07, 6.45) is 17.3. The molecule has 6 heteroatoms. The quantitative estimate of drug-likeness (QED) is 0.0493. The lowest BCUT2D eigenvalue weighted by atomic mass is 9.89. The number of aliphatic hydroxyl groups excluding tert-OH is 1. The Labute approximate surface area is 294 Å². The van der Waals surface area contributed by atoms with E-state index in [0.29, 0.717) is 36.0 Å². The largest absolute Gasteiger partial charge is 0.508 e. The first kappa shape index (κ1) is 42.0. The highest BCUT2D eigenvalue weighted by atomic mass is 16.5. The maximum absolute atomic E-state index is 10.4. The van der Waals surface area contributed by atoms with Crippen molar-refractivity contribution in [3.63, 3.8) is 0 Å². The van der Waals surface area contributed by atoms with E-state index in [1.54, 1.807) is 12.1 Å². The number of para-hydroxylation sites is 2. The number of aliphatic hydroxyl groups is 1. The lowest BCUT2D eigenvalue weighted by molar-refractivity contribution is -0.931. The van der Waals surface area contributed by atoms with Crippen molar-refractivity contribution in [2.24, 2.45) is 11.8 Å². The lowest BCUT2D eigenvalue weighted by Crippen LogP contribution is -2.54. The van der Waals surface area contributed by atoms with Crippen LogP contribution in [0.1, 0.15) is 122 Å². The van der Waals surface area contributed by atoms with Gasteiger partial charge in [-0.05, 0) is 74.1 Å². The first-order chi connectivity index (χ1) is 23.4. The number of unbranched alkanes of at least 4 members (excludes halogenated alkanes) is 5. The second-order valence-corrected chi connectivity index (χ2v) is 14.4. The molecule has 0 bridgehead atoms. The lowest BCUT2D eigenvalue weighted by Gasteiger charge is -2.41. The minimum Gasteiger partial charge on any atom is -0.508 e. The van der Waals surface area contributed by atoms with Crippen LogP contribution in [0.2, 0.25) is 0 Å². The molecule has 4 atom stereocenters. The van der Waals surface area contributed by atoms with Crippen molar-refractivity contribution in [1.29, 1.82) is 0 Å². The molecule has 0 aliphatic rings. The summed E-state index contributed by atoms with van der Waals surface area (Å²) in [6, 6.07) is 15.8. The summed E-state index contributed by atoms with van der Waals surface area (Å²) in [6.45, 7) is 15.6. The van der Waals surface area contributed by atoms with Gasteiger partial charge in [0.1, 0.15) is 18.0 Å². The first-order valence-corrected chi connectivity index (χ1v) is 19.7. The van der Waals surface area contributed by atoms with Gasteiger partial charge in [0.2, 0.25) is 0 Å². The monoisotopic (exact) mass is 670 g/mol. The SMILES string of the molecule is CCCCC(CC)CC(Cc1ccccc1O)NCCOCCCCCC[N+](CCO)(CCc1ccccc1O)CC(CC)CCCC. The van der Waals surface area contributed by atoms with Crippen LogP contribution in [0.5, 0.6) is 11.5 Å². The van der Waals surface area contributed by atoms with Crippen LogP contribution in [0.15, 0.2) is 48.5 Å². The third-order valence-corrected chi connectivity index (χ3v) is 10.6. The molecule has 4 N–H and O–H groups in total. The Morgan fingerprint density at radius 3 is 1.94 bits per heavy atom. The van der Waals surface area contributed by atoms with E-state index in [-0.39, 0.29) is 6.61 Å². The minimum atomic E-state index is 0.206. The Bertz CT molecular complexity index is 1070. The maximum Gasteiger partial charge on any atom is 0.118 e. The molecule has 48 heavy (non-hydrogen) atoms. The van der Waals surface area contributed by atoms with Gasteiger partial charge in [0.05, 0.1) is 32.8 Å². The van der Waals surface area contributed by atoms with E-state index < -0.39 is 0 Å². The summed E-state index contributed by atoms with van der Waals surface area (Å²) in [5.41, 5.74) is 2.03. The molecular weight excluding hydrogens is 596 g/mol. The molecule has 2 aromatic carbocycles. The molecule has 0 saturated heterocycles. The fraction of sp³-hybridized carbons (Fsp3) is 0.714. The molecular formula is C42H73N2O4+. The van der Waals surface area contributed by atoms with Crippen LogP contribution in [-0.4, -0.2) is 78.4 Å². The summed E-state index contributed by atoms with van der Waals surface area (Å²) >= 11 is 0. The molecule has 0 aliphatic heterocycles. The van der Waals surface area contributed by atoms with E-state index in [1.807, 2.05) is 36.4 Å². The average molecular weight is 670 g/mol. The summed E-state index contributed by atoms with van der Waals surface area (Å²) in [7, 11) is 0. The normalized spacial score (nSPS) is 14.9. The van der Waals surface area contributed by atoms with Crippen LogP contribution in [0.25, 0.3) is 0 Å². The van der Waals surface area contributed by atoms with Gasteiger partial charge in [-0.15, -0.1) is 0 Å². The van der Waals surface area contributed by atoms with E-state index in [4.69, 9.17) is 4.74 Å². The van der Waals surface area contributed by atoms with E-state index in [0.717, 1.165) is 93.5 Å². The van der Waals surface area contributed by atoms with Gasteiger partial charge in [-0.1, -0.05) is 109 Å². The third-order valence-electron chi connectivity index (χ3n) is 10.6. The predicted molar refractivity (Wildman–Crippen MR) is 203 cm³/mol. The van der Waals surface area contributed by atoms with Crippen molar-refractivity contribution < 1.29 is 24.5 Å². The zero-order valence-corrected chi connectivity index (χ0v) is 31.3. The standard InChI is InChI=1S/C42H72N2O4/c1-5-9-19-36(7-3)33-40(34-39-22-14-16-24-42(39)47)43-26-32-48-31-18-12-11-17-27-44(29-30-45,35-37(8-4)20-10-6-2)28-25-38-21-13-15-23-41(38)46/h13-16,21-24,36-37,40,43,45H,5-12,17-20,25-35H2,1-4H3,(H-,46,47)/p+1. The van der Waals surface area contributed by atoms with Crippen molar-refractivity contribution >= 4 is 0 Å². The number of aromatic hydroxyl groups is 2. The minimum absolute atomic E-state index is 0.206. The number of hydrogen-bond acceptors (Lipinski definition) is 5. The smallest absolute Gasteiger partial charge is 0.118 e. The van der Waals surface area contributed by atoms with Gasteiger partial charge in [0.15, 0.2) is 0 Å². The molecule has 4 unspecified atom stereocenters. The Balaban J connectivity index is 1.81. The molecule has 6 nitrogen and oxygen atoms in total. The van der Waals surface area contributed by atoms with E-state index >= 15 is 0 Å². The Hall–Kier alpha value is -2.12. The second kappa shape index (κ2) is 25.8. The van der Waals surface area contributed by atoms with Crippen molar-refractivity contribution in [3.8, 4) is 11.5 Å². The van der Waals surface area contributed by atoms with Gasteiger partial charge in [-0.2, -0.15) is 0 Å². The number of nitrogens with one attached hydrogen (secondary N) is 1. The molecule has 0 fully saturated rings. The van der Waals surface area contributed by atoms with Crippen LogP contribution in [0, 0.1) is 11.8 Å². The summed E-state index contributed by atoms with van der Waals surface area (Å²) in [4.78, 5) is 0. The molecule has 2 aromatic rings. The Morgan fingerprint density at radius 2 is 1.31 bits per heavy atom. The highest BCUT2D eigenvalue weighted by Crippen LogP contribution is 2.25. The highest BCUT2D eigenvalue weighted by molar-refractivity contribution is 5.32. The van der Waals surface area contributed by atoms with Crippen LogP contribution >= 0.6 is 0 Å². The van der Waals surface area contributed by atoms with Gasteiger partial charge in [-0.3, -0.25) is 0 Å². The number of hydrogen-bond donors (Lipinski definition) is 4. The van der Waals surface area contributed by atoms with Crippen molar-refractivity contribution in [2.45, 2.75) is 130 Å². The van der Waals surface area contributed by atoms with E-state index in [9.17, 15) is 15.3 Å². The van der Waals surface area contributed by atoms with E-state index in [1.165, 1.54) is 57.8 Å². The number of nitrogens with zero attached hydrogens (tertiary/aromatic N) is 1. The zero-order valence-electron chi connectivity index (χ0n) is 31.3. The number of rotatable bonds is 30. The average Bonchev–Trinajstić information content (AvgIpc) is 3.09. The second-order valence-electron chi connectivity index (χ2n) is 14.4. The maximum atomic E-state index is 10.4. The number of phenols is 2. The zero-order chi connectivity index (χ0) is 34.9. The number of ether oxygens (including phenoxy) is 1. The van der Waals surface area contributed by atoms with Crippen molar-refractivity contribution in [1.82, 2.24) is 5.32 Å². The molecule has 0 spiro atoms. The molecule has 0 radical (unpaired) electrons. The van der Waals surface area contributed by atoms with Gasteiger partial charge >= 0.3 is 0 Å². The van der Waals surface area contributed by atoms with Crippen molar-refractivity contribution in [3.05, 3.63) is 59.7 Å².